The molecule has 0 unspecified atom stereocenters. The third-order valence-electron chi connectivity index (χ3n) is 5.20. The zero-order valence-electron chi connectivity index (χ0n) is 18.6. The molecule has 34 heavy (non-hydrogen) atoms. The monoisotopic (exact) mass is 484 g/mol. The van der Waals surface area contributed by atoms with Gasteiger partial charge in [0.05, 0.1) is 6.42 Å². The van der Waals surface area contributed by atoms with Gasteiger partial charge in [-0.1, -0.05) is 31.2 Å². The Kier molecular flexibility index (Phi) is 9.60. The fourth-order valence-corrected chi connectivity index (χ4v) is 3.29. The summed E-state index contributed by atoms with van der Waals surface area (Å²) in [6, 6.07) is 9.48. The van der Waals surface area contributed by atoms with Crippen molar-refractivity contribution in [2.24, 2.45) is 5.92 Å². The van der Waals surface area contributed by atoms with Crippen LogP contribution in [0.5, 0.6) is 0 Å². The topological polar surface area (TPSA) is 135 Å². The number of aromatic nitrogens is 2. The molecule has 1 amide bonds. The van der Waals surface area contributed by atoms with E-state index in [1.165, 1.54) is 24.5 Å². The lowest BCUT2D eigenvalue weighted by atomic mass is 9.99. The number of likely N-dealkylation sites (tertiary alicyclic amines) is 1. The van der Waals surface area contributed by atoms with Gasteiger partial charge in [0, 0.05) is 24.8 Å². The molecule has 0 atom stereocenters. The van der Waals surface area contributed by atoms with Crippen molar-refractivity contribution < 1.29 is 27.9 Å². The van der Waals surface area contributed by atoms with Gasteiger partial charge in [-0.3, -0.25) is 19.5 Å². The highest BCUT2D eigenvalue weighted by atomic mass is 19.4. The molecule has 1 aromatic heterocycles. The molecule has 12 heteroatoms. The lowest BCUT2D eigenvalue weighted by molar-refractivity contribution is -0.192. The van der Waals surface area contributed by atoms with E-state index in [1.807, 2.05) is 12.1 Å². The van der Waals surface area contributed by atoms with Crippen molar-refractivity contribution in [3.63, 3.8) is 0 Å². The number of carboxylic acids is 1. The van der Waals surface area contributed by atoms with E-state index in [-0.39, 0.29) is 12.3 Å². The summed E-state index contributed by atoms with van der Waals surface area (Å²) in [5.74, 6) is -2.17. The Morgan fingerprint density at radius 1 is 1.09 bits per heavy atom. The van der Waals surface area contributed by atoms with Crippen LogP contribution in [0.3, 0.4) is 0 Å². The van der Waals surface area contributed by atoms with E-state index >= 15 is 0 Å². The van der Waals surface area contributed by atoms with E-state index in [9.17, 15) is 27.6 Å². The number of aromatic amines is 2. The molecule has 186 valence electrons. The number of nitrogens with one attached hydrogen (secondary N) is 3. The minimum Gasteiger partial charge on any atom is -0.475 e. The van der Waals surface area contributed by atoms with Crippen LogP contribution in [0.1, 0.15) is 36.6 Å². The number of benzene rings is 1. The number of amides is 1. The summed E-state index contributed by atoms with van der Waals surface area (Å²) in [5, 5.41) is 9.93. The van der Waals surface area contributed by atoms with E-state index in [4.69, 9.17) is 9.90 Å². The molecule has 2 aromatic rings. The van der Waals surface area contributed by atoms with Crippen LogP contribution < -0.4 is 16.6 Å². The van der Waals surface area contributed by atoms with Crippen molar-refractivity contribution in [2.45, 2.75) is 45.5 Å². The van der Waals surface area contributed by atoms with Crippen LogP contribution in [0.4, 0.5) is 13.2 Å². The number of rotatable bonds is 6. The maximum atomic E-state index is 12.0. The van der Waals surface area contributed by atoms with Crippen LogP contribution in [0, 0.1) is 5.92 Å². The molecule has 0 saturated carbocycles. The quantitative estimate of drug-likeness (QED) is 0.494. The van der Waals surface area contributed by atoms with Gasteiger partial charge >= 0.3 is 17.8 Å². The number of alkyl halides is 3. The Balaban J connectivity index is 0.000000509. The molecule has 2 heterocycles. The first-order valence-electron chi connectivity index (χ1n) is 10.6. The largest absolute Gasteiger partial charge is 0.490 e. The number of hydrogen-bond donors (Lipinski definition) is 4. The molecule has 1 aliphatic heterocycles. The van der Waals surface area contributed by atoms with Crippen LogP contribution in [-0.2, 0) is 29.1 Å². The molecule has 0 bridgehead atoms. The first-order chi connectivity index (χ1) is 15.9. The van der Waals surface area contributed by atoms with E-state index in [2.05, 4.69) is 39.2 Å². The summed E-state index contributed by atoms with van der Waals surface area (Å²) in [6.45, 7) is 6.00. The molecule has 3 rings (SSSR count). The van der Waals surface area contributed by atoms with Gasteiger partial charge in [-0.2, -0.15) is 13.2 Å². The predicted octanol–water partition coefficient (Wildman–Crippen LogP) is 1.79. The van der Waals surface area contributed by atoms with E-state index in [1.54, 1.807) is 0 Å². The van der Waals surface area contributed by atoms with Gasteiger partial charge in [0.25, 0.3) is 5.56 Å². The van der Waals surface area contributed by atoms with Gasteiger partial charge in [0.2, 0.25) is 5.91 Å². The van der Waals surface area contributed by atoms with Crippen molar-refractivity contribution in [1.29, 1.82) is 0 Å². The smallest absolute Gasteiger partial charge is 0.475 e. The van der Waals surface area contributed by atoms with Crippen LogP contribution >= 0.6 is 0 Å². The number of H-pyrrole nitrogens is 2. The molecule has 1 saturated heterocycles. The lowest BCUT2D eigenvalue weighted by Gasteiger charge is -2.30. The molecule has 9 nitrogen and oxygen atoms in total. The van der Waals surface area contributed by atoms with Crippen molar-refractivity contribution in [1.82, 2.24) is 20.2 Å². The fourth-order valence-electron chi connectivity index (χ4n) is 3.29. The van der Waals surface area contributed by atoms with Crippen molar-refractivity contribution in [3.8, 4) is 0 Å². The van der Waals surface area contributed by atoms with Crippen LogP contribution in [0.15, 0.2) is 39.9 Å². The summed E-state index contributed by atoms with van der Waals surface area (Å²) in [6.07, 6.45) is -2.59. The molecular weight excluding hydrogens is 457 g/mol. The second kappa shape index (κ2) is 12.2. The van der Waals surface area contributed by atoms with Crippen molar-refractivity contribution in [2.75, 3.05) is 13.1 Å². The molecule has 1 aliphatic rings. The number of nitrogens with zero attached hydrogens (tertiary/aromatic N) is 1. The highest BCUT2D eigenvalue weighted by molar-refractivity contribution is 5.78. The summed E-state index contributed by atoms with van der Waals surface area (Å²) in [7, 11) is 0. The third-order valence-corrected chi connectivity index (χ3v) is 5.20. The molecular formula is C22H27F3N4O5. The Morgan fingerprint density at radius 3 is 2.18 bits per heavy atom. The van der Waals surface area contributed by atoms with Gasteiger partial charge in [-0.15, -0.1) is 0 Å². The average Bonchev–Trinajstić information content (AvgIpc) is 2.74. The summed E-state index contributed by atoms with van der Waals surface area (Å²) in [4.78, 5) is 50.4. The van der Waals surface area contributed by atoms with E-state index in [0.717, 1.165) is 31.1 Å². The minimum absolute atomic E-state index is 0.0371. The standard InChI is InChI=1S/C20H26N4O3.C2HF3O2/c1-14-6-8-24(9-7-14)13-16-4-2-15(3-5-16)12-21-18(25)10-17-11-19(26)23-20(27)22-17;3-2(4,5)1(6)7/h2-5,11,14H,6-10,12-13H2,1H3,(H,21,25)(H2,22,23,26,27);(H,6,7). The number of hydrogen-bond acceptors (Lipinski definition) is 5. The molecule has 0 spiro atoms. The molecule has 4 N–H and O–H groups in total. The van der Waals surface area contributed by atoms with E-state index in [0.29, 0.717) is 12.2 Å². The van der Waals surface area contributed by atoms with E-state index < -0.39 is 23.4 Å². The number of carbonyl (C=O) groups excluding carboxylic acids is 1. The van der Waals surface area contributed by atoms with Gasteiger partial charge in [0.15, 0.2) is 0 Å². The summed E-state index contributed by atoms with van der Waals surface area (Å²) >= 11 is 0. The molecule has 1 aromatic carbocycles. The second-order valence-electron chi connectivity index (χ2n) is 8.14. The molecule has 0 radical (unpaired) electrons. The van der Waals surface area contributed by atoms with Gasteiger partial charge in [-0.25, -0.2) is 9.59 Å². The highest BCUT2D eigenvalue weighted by Crippen LogP contribution is 2.18. The normalized spacial score (nSPS) is 14.7. The van der Waals surface area contributed by atoms with Gasteiger partial charge in [0.1, 0.15) is 0 Å². The number of halogens is 3. The number of piperidine rings is 1. The average molecular weight is 484 g/mol. The maximum Gasteiger partial charge on any atom is 0.490 e. The van der Waals surface area contributed by atoms with Crippen LogP contribution in [0.25, 0.3) is 0 Å². The SMILES string of the molecule is CC1CCN(Cc2ccc(CNC(=O)Cc3cc(=O)[nH]c(=O)[nH]3)cc2)CC1.O=C(O)C(F)(F)F. The van der Waals surface area contributed by atoms with Gasteiger partial charge in [-0.05, 0) is 43.0 Å². The summed E-state index contributed by atoms with van der Waals surface area (Å²) in [5.41, 5.74) is 1.47. The second-order valence-corrected chi connectivity index (χ2v) is 8.14. The Hall–Kier alpha value is -3.41. The lowest BCUT2D eigenvalue weighted by Crippen LogP contribution is -2.32. The molecule has 1 fully saturated rings. The summed E-state index contributed by atoms with van der Waals surface area (Å²) < 4.78 is 31.7. The third kappa shape index (κ3) is 9.61. The molecule has 0 aliphatic carbocycles. The van der Waals surface area contributed by atoms with Crippen molar-refractivity contribution in [3.05, 3.63) is 68.0 Å². The number of carboxylic acid groups (broad SMARTS) is 1. The first-order valence-corrected chi connectivity index (χ1v) is 10.6. The highest BCUT2D eigenvalue weighted by Gasteiger charge is 2.38. The van der Waals surface area contributed by atoms with Gasteiger partial charge < -0.3 is 15.4 Å². The van der Waals surface area contributed by atoms with Crippen molar-refractivity contribution >= 4 is 11.9 Å². The van der Waals surface area contributed by atoms with Crippen LogP contribution in [-0.4, -0.2) is 51.1 Å². The Bertz CT molecular complexity index is 1040. The maximum absolute atomic E-state index is 12.0. The Morgan fingerprint density at radius 2 is 1.65 bits per heavy atom. The fraction of sp³-hybridized carbons (Fsp3) is 0.455. The Labute approximate surface area is 193 Å². The predicted molar refractivity (Wildman–Crippen MR) is 117 cm³/mol. The first kappa shape index (κ1) is 26.8. The number of carbonyl (C=O) groups is 2. The number of aliphatic carboxylic acids is 1. The zero-order valence-corrected chi connectivity index (χ0v) is 18.6. The zero-order chi connectivity index (χ0) is 25.3. The van der Waals surface area contributed by atoms with Crippen LogP contribution in [0.2, 0.25) is 0 Å². The minimum atomic E-state index is -5.08.